The molecule has 5 nitrogen and oxygen atoms in total. The molecular weight excluding hydrogens is 314 g/mol. The van der Waals surface area contributed by atoms with E-state index in [0.29, 0.717) is 29.7 Å². The number of hydrogen-bond acceptors (Lipinski definition) is 3. The Labute approximate surface area is 145 Å². The summed E-state index contributed by atoms with van der Waals surface area (Å²) in [5.74, 6) is -0.0299. The van der Waals surface area contributed by atoms with Gasteiger partial charge in [-0.3, -0.25) is 14.6 Å². The van der Waals surface area contributed by atoms with Crippen LogP contribution in [0.2, 0.25) is 0 Å². The van der Waals surface area contributed by atoms with Crippen molar-refractivity contribution in [1.82, 2.24) is 14.9 Å². The molecule has 1 N–H and O–H groups in total. The average molecular weight is 333 g/mol. The maximum Gasteiger partial charge on any atom is 0.277 e. The molecule has 5 heteroatoms. The Bertz CT molecular complexity index is 1040. The molecule has 0 spiro atoms. The maximum absolute atomic E-state index is 13.0. The summed E-state index contributed by atoms with van der Waals surface area (Å²) < 4.78 is 1.59. The van der Waals surface area contributed by atoms with Gasteiger partial charge >= 0.3 is 0 Å². The van der Waals surface area contributed by atoms with Gasteiger partial charge in [-0.25, -0.2) is 0 Å². The van der Waals surface area contributed by atoms with Gasteiger partial charge in [0.2, 0.25) is 0 Å². The molecule has 3 aromatic rings. The Kier molecular flexibility index (Phi) is 3.64. The lowest BCUT2D eigenvalue weighted by molar-refractivity contribution is 0.0949. The summed E-state index contributed by atoms with van der Waals surface area (Å²) in [6.45, 7) is 5.10. The van der Waals surface area contributed by atoms with Gasteiger partial charge in [-0.05, 0) is 24.5 Å². The van der Waals surface area contributed by atoms with E-state index in [-0.39, 0.29) is 17.4 Å². The van der Waals surface area contributed by atoms with Gasteiger partial charge in [0.15, 0.2) is 0 Å². The third kappa shape index (κ3) is 2.52. The van der Waals surface area contributed by atoms with Crippen LogP contribution in [0.25, 0.3) is 22.0 Å². The van der Waals surface area contributed by atoms with Gasteiger partial charge in [-0.2, -0.15) is 0 Å². The van der Waals surface area contributed by atoms with Gasteiger partial charge in [0.1, 0.15) is 11.2 Å². The highest BCUT2D eigenvalue weighted by Gasteiger charge is 2.27. The van der Waals surface area contributed by atoms with E-state index in [1.165, 1.54) is 0 Å². The molecule has 0 aliphatic carbocycles. The molecule has 3 heterocycles. The summed E-state index contributed by atoms with van der Waals surface area (Å²) in [6, 6.07) is 11.7. The lowest BCUT2D eigenvalue weighted by Crippen LogP contribution is -2.30. The highest BCUT2D eigenvalue weighted by atomic mass is 16.2. The smallest absolute Gasteiger partial charge is 0.277 e. The Morgan fingerprint density at radius 2 is 1.92 bits per heavy atom. The largest absolute Gasteiger partial charge is 0.350 e. The number of hydrogen-bond donors (Lipinski definition) is 1. The zero-order chi connectivity index (χ0) is 17.6. The molecule has 2 aromatic heterocycles. The van der Waals surface area contributed by atoms with Crippen molar-refractivity contribution in [2.75, 3.05) is 6.54 Å². The van der Waals surface area contributed by atoms with Crippen molar-refractivity contribution in [1.29, 1.82) is 0 Å². The fourth-order valence-corrected chi connectivity index (χ4v) is 3.42. The van der Waals surface area contributed by atoms with E-state index in [1.54, 1.807) is 16.8 Å². The monoisotopic (exact) mass is 333 g/mol. The Balaban J connectivity index is 2.16. The van der Waals surface area contributed by atoms with Crippen LogP contribution in [0, 0.1) is 12.8 Å². The minimum Gasteiger partial charge on any atom is -0.350 e. The molecule has 0 bridgehead atoms. The number of nitrogens with zero attached hydrogens (tertiary/aromatic N) is 2. The first-order valence-corrected chi connectivity index (χ1v) is 8.43. The van der Waals surface area contributed by atoms with Gasteiger partial charge in [0.25, 0.3) is 11.5 Å². The van der Waals surface area contributed by atoms with E-state index < -0.39 is 0 Å². The lowest BCUT2D eigenvalue weighted by atomic mass is 9.97. The predicted molar refractivity (Wildman–Crippen MR) is 97.7 cm³/mol. The molecule has 126 valence electrons. The molecular formula is C20H19N3O2. The van der Waals surface area contributed by atoms with Crippen LogP contribution in [0.1, 0.15) is 23.0 Å². The predicted octanol–water partition coefficient (Wildman–Crippen LogP) is 2.75. The number of aromatic nitrogens is 2. The molecule has 1 amide bonds. The minimum absolute atomic E-state index is 0.176. The van der Waals surface area contributed by atoms with E-state index >= 15 is 0 Å². The summed E-state index contributed by atoms with van der Waals surface area (Å²) in [4.78, 5) is 30.1. The van der Waals surface area contributed by atoms with Gasteiger partial charge in [0.05, 0.1) is 0 Å². The summed E-state index contributed by atoms with van der Waals surface area (Å²) in [5.41, 5.74) is 3.46. The molecule has 0 fully saturated rings. The fourth-order valence-electron chi connectivity index (χ4n) is 3.42. The zero-order valence-corrected chi connectivity index (χ0v) is 14.2. The number of rotatable bonds is 1. The highest BCUT2D eigenvalue weighted by molar-refractivity contribution is 6.07. The molecule has 1 aliphatic rings. The van der Waals surface area contributed by atoms with E-state index in [2.05, 4.69) is 10.3 Å². The average Bonchev–Trinajstić information content (AvgIpc) is 2.77. The van der Waals surface area contributed by atoms with Crippen molar-refractivity contribution in [3.8, 4) is 11.1 Å². The molecule has 1 aromatic carbocycles. The van der Waals surface area contributed by atoms with Crippen molar-refractivity contribution < 1.29 is 4.79 Å². The molecule has 0 radical (unpaired) electrons. The number of carbonyl (C=O) groups excluding carboxylic acids is 1. The number of amides is 1. The van der Waals surface area contributed by atoms with E-state index in [9.17, 15) is 9.59 Å². The van der Waals surface area contributed by atoms with Crippen molar-refractivity contribution in [3.63, 3.8) is 0 Å². The number of nitrogens with one attached hydrogen (secondary N) is 1. The second kappa shape index (κ2) is 5.84. The van der Waals surface area contributed by atoms with Crippen LogP contribution in [-0.4, -0.2) is 22.0 Å². The maximum atomic E-state index is 13.0. The number of benzene rings is 1. The number of pyridine rings is 2. The van der Waals surface area contributed by atoms with Crippen molar-refractivity contribution in [2.24, 2.45) is 5.92 Å². The Hall–Kier alpha value is -2.95. The first-order valence-electron chi connectivity index (χ1n) is 8.43. The topological polar surface area (TPSA) is 64.0 Å². The zero-order valence-electron chi connectivity index (χ0n) is 14.2. The number of fused-ring (bicyclic) bond motifs is 2. The van der Waals surface area contributed by atoms with Crippen molar-refractivity contribution in [2.45, 2.75) is 20.4 Å². The van der Waals surface area contributed by atoms with Crippen LogP contribution in [0.5, 0.6) is 0 Å². The molecule has 0 saturated carbocycles. The molecule has 4 rings (SSSR count). The van der Waals surface area contributed by atoms with Crippen LogP contribution in [0.3, 0.4) is 0 Å². The SMILES string of the molecule is Cc1ccc(-c2c3n(c(=O)c4ncccc24)CC(C)CNC3=O)cc1. The molecule has 25 heavy (non-hydrogen) atoms. The van der Waals surface area contributed by atoms with Crippen molar-refractivity contribution in [3.05, 3.63) is 64.2 Å². The quantitative estimate of drug-likeness (QED) is 0.745. The molecule has 1 aliphatic heterocycles. The van der Waals surface area contributed by atoms with Crippen LogP contribution in [0.15, 0.2) is 47.4 Å². The lowest BCUT2D eigenvalue weighted by Gasteiger charge is -2.17. The van der Waals surface area contributed by atoms with Crippen LogP contribution in [-0.2, 0) is 6.54 Å². The first kappa shape index (κ1) is 15.6. The first-order chi connectivity index (χ1) is 12.1. The second-order valence-corrected chi connectivity index (χ2v) is 6.72. The summed E-state index contributed by atoms with van der Waals surface area (Å²) in [7, 11) is 0. The number of carbonyl (C=O) groups is 1. The Morgan fingerprint density at radius 3 is 2.68 bits per heavy atom. The second-order valence-electron chi connectivity index (χ2n) is 6.72. The van der Waals surface area contributed by atoms with Gasteiger partial charge in [-0.1, -0.05) is 42.8 Å². The molecule has 0 saturated heterocycles. The van der Waals surface area contributed by atoms with Gasteiger partial charge in [0, 0.05) is 30.2 Å². The Morgan fingerprint density at radius 1 is 1.16 bits per heavy atom. The summed E-state index contributed by atoms with van der Waals surface area (Å²) >= 11 is 0. The van der Waals surface area contributed by atoms with Crippen LogP contribution in [0.4, 0.5) is 0 Å². The van der Waals surface area contributed by atoms with Crippen LogP contribution >= 0.6 is 0 Å². The number of aryl methyl sites for hydroxylation is 1. The minimum atomic E-state index is -0.206. The van der Waals surface area contributed by atoms with E-state index in [1.807, 2.05) is 44.2 Å². The molecule has 1 unspecified atom stereocenters. The van der Waals surface area contributed by atoms with Crippen molar-refractivity contribution >= 4 is 16.8 Å². The highest BCUT2D eigenvalue weighted by Crippen LogP contribution is 2.31. The standard InChI is InChI=1S/C20H19N3O2/c1-12-5-7-14(8-6-12)16-15-4-3-9-21-17(15)20(25)23-11-13(2)10-22-19(24)18(16)23/h3-9,13H,10-11H2,1-2H3,(H,22,24). The third-order valence-electron chi connectivity index (χ3n) is 4.69. The van der Waals surface area contributed by atoms with Gasteiger partial charge in [-0.15, -0.1) is 0 Å². The van der Waals surface area contributed by atoms with Crippen LogP contribution < -0.4 is 10.9 Å². The van der Waals surface area contributed by atoms with E-state index in [0.717, 1.165) is 16.7 Å². The van der Waals surface area contributed by atoms with E-state index in [4.69, 9.17) is 0 Å². The summed E-state index contributed by atoms with van der Waals surface area (Å²) in [5, 5.41) is 3.66. The summed E-state index contributed by atoms with van der Waals surface area (Å²) in [6.07, 6.45) is 1.62. The van der Waals surface area contributed by atoms with Gasteiger partial charge < -0.3 is 9.88 Å². The molecule has 1 atom stereocenters. The normalized spacial score (nSPS) is 17.0. The fraction of sp³-hybridized carbons (Fsp3) is 0.250. The third-order valence-corrected chi connectivity index (χ3v) is 4.69.